The third-order valence-corrected chi connectivity index (χ3v) is 3.67. The minimum absolute atomic E-state index is 0. The summed E-state index contributed by atoms with van der Waals surface area (Å²) in [6.07, 6.45) is 1.80. The number of benzene rings is 1. The van der Waals surface area contributed by atoms with Gasteiger partial charge in [0.2, 0.25) is 0 Å². The van der Waals surface area contributed by atoms with Crippen LogP contribution >= 0.6 is 24.0 Å². The van der Waals surface area contributed by atoms with Gasteiger partial charge in [-0.3, -0.25) is 9.98 Å². The quantitative estimate of drug-likeness (QED) is 0.398. The van der Waals surface area contributed by atoms with Crippen LogP contribution in [0.5, 0.6) is 11.5 Å². The van der Waals surface area contributed by atoms with E-state index in [4.69, 9.17) is 9.47 Å². The van der Waals surface area contributed by atoms with Gasteiger partial charge in [-0.1, -0.05) is 12.1 Å². The van der Waals surface area contributed by atoms with E-state index in [0.717, 1.165) is 28.5 Å². The fourth-order valence-corrected chi connectivity index (χ4v) is 2.27. The topological polar surface area (TPSA) is 67.8 Å². The number of ether oxygens (including phenoxy) is 2. The van der Waals surface area contributed by atoms with Crippen molar-refractivity contribution in [2.45, 2.75) is 20.0 Å². The highest BCUT2D eigenvalue weighted by Gasteiger charge is 2.06. The number of nitrogens with zero attached hydrogens (tertiary/aromatic N) is 2. The highest BCUT2D eigenvalue weighted by atomic mass is 127. The zero-order valence-electron chi connectivity index (χ0n) is 15.0. The second-order valence-corrected chi connectivity index (χ2v) is 5.24. The van der Waals surface area contributed by atoms with Gasteiger partial charge < -0.3 is 20.1 Å². The lowest BCUT2D eigenvalue weighted by Gasteiger charge is -2.14. The van der Waals surface area contributed by atoms with Gasteiger partial charge in [0.1, 0.15) is 0 Å². The fraction of sp³-hybridized carbons (Fsp3) is 0.333. The standard InChI is InChI=1S/C18H24N4O2.HI/c1-13-6-5-9-20-15(13)12-22-18(19-2)21-11-14-7-8-16(23-3)17(10-14)24-4;/h5-10H,11-12H2,1-4H3,(H2,19,21,22);1H. The van der Waals surface area contributed by atoms with Crippen LogP contribution < -0.4 is 20.1 Å². The average Bonchev–Trinajstić information content (AvgIpc) is 2.62. The van der Waals surface area contributed by atoms with Crippen molar-refractivity contribution < 1.29 is 9.47 Å². The monoisotopic (exact) mass is 456 g/mol. The molecule has 6 nitrogen and oxygen atoms in total. The lowest BCUT2D eigenvalue weighted by molar-refractivity contribution is 0.354. The van der Waals surface area contributed by atoms with Crippen molar-refractivity contribution in [2.24, 2.45) is 4.99 Å². The van der Waals surface area contributed by atoms with Gasteiger partial charge in [0, 0.05) is 19.8 Å². The Morgan fingerprint density at radius 1 is 1.08 bits per heavy atom. The molecule has 0 bridgehead atoms. The van der Waals surface area contributed by atoms with Crippen LogP contribution in [0, 0.1) is 6.92 Å². The maximum absolute atomic E-state index is 5.32. The van der Waals surface area contributed by atoms with E-state index in [2.05, 4.69) is 20.6 Å². The van der Waals surface area contributed by atoms with Gasteiger partial charge in [0.15, 0.2) is 17.5 Å². The lowest BCUT2D eigenvalue weighted by Crippen LogP contribution is -2.36. The van der Waals surface area contributed by atoms with Gasteiger partial charge in [-0.05, 0) is 36.2 Å². The second-order valence-electron chi connectivity index (χ2n) is 5.24. The number of methoxy groups -OCH3 is 2. The van der Waals surface area contributed by atoms with Gasteiger partial charge in [0.25, 0.3) is 0 Å². The number of guanidine groups is 1. The van der Waals surface area contributed by atoms with Gasteiger partial charge in [-0.15, -0.1) is 24.0 Å². The Labute approximate surface area is 166 Å². The van der Waals surface area contributed by atoms with Gasteiger partial charge in [-0.25, -0.2) is 0 Å². The molecule has 1 aromatic heterocycles. The van der Waals surface area contributed by atoms with Crippen LogP contribution in [0.25, 0.3) is 0 Å². The molecular weight excluding hydrogens is 431 g/mol. The number of rotatable bonds is 6. The number of aryl methyl sites for hydroxylation is 1. The molecule has 0 spiro atoms. The molecule has 7 heteroatoms. The number of aliphatic imine (C=N–C) groups is 1. The SMILES string of the molecule is CN=C(NCc1ccc(OC)c(OC)c1)NCc1ncccc1C.I. The van der Waals surface area contributed by atoms with Crippen molar-refractivity contribution in [3.8, 4) is 11.5 Å². The summed E-state index contributed by atoms with van der Waals surface area (Å²) in [6.45, 7) is 3.29. The number of hydrogen-bond acceptors (Lipinski definition) is 4. The van der Waals surface area contributed by atoms with Crippen molar-refractivity contribution in [1.82, 2.24) is 15.6 Å². The number of aromatic nitrogens is 1. The summed E-state index contributed by atoms with van der Waals surface area (Å²) in [5.41, 5.74) is 3.23. The minimum Gasteiger partial charge on any atom is -0.493 e. The van der Waals surface area contributed by atoms with Crippen molar-refractivity contribution in [3.63, 3.8) is 0 Å². The molecule has 0 fully saturated rings. The van der Waals surface area contributed by atoms with Crippen LogP contribution in [0.15, 0.2) is 41.5 Å². The molecular formula is C18H25IN4O2. The summed E-state index contributed by atoms with van der Waals surface area (Å²) in [6, 6.07) is 9.81. The molecule has 0 atom stereocenters. The summed E-state index contributed by atoms with van der Waals surface area (Å²) >= 11 is 0. The molecule has 1 aromatic carbocycles. The molecule has 0 amide bonds. The minimum atomic E-state index is 0. The van der Waals surface area contributed by atoms with Gasteiger partial charge in [0.05, 0.1) is 26.5 Å². The Morgan fingerprint density at radius 2 is 1.80 bits per heavy atom. The molecule has 0 aliphatic rings. The Hall–Kier alpha value is -2.03. The zero-order chi connectivity index (χ0) is 17.4. The third-order valence-electron chi connectivity index (χ3n) is 3.67. The van der Waals surface area contributed by atoms with E-state index in [-0.39, 0.29) is 24.0 Å². The van der Waals surface area contributed by atoms with Crippen LogP contribution in [0.4, 0.5) is 0 Å². The van der Waals surface area contributed by atoms with Crippen molar-refractivity contribution >= 4 is 29.9 Å². The van der Waals surface area contributed by atoms with Gasteiger partial charge >= 0.3 is 0 Å². The molecule has 1 heterocycles. The summed E-state index contributed by atoms with van der Waals surface area (Å²) in [4.78, 5) is 8.60. The summed E-state index contributed by atoms with van der Waals surface area (Å²) < 4.78 is 10.6. The fourth-order valence-electron chi connectivity index (χ4n) is 2.27. The van der Waals surface area contributed by atoms with E-state index in [9.17, 15) is 0 Å². The number of hydrogen-bond donors (Lipinski definition) is 2. The Bertz CT molecular complexity index is 707. The second kappa shape index (κ2) is 10.8. The van der Waals surface area contributed by atoms with Crippen molar-refractivity contribution in [1.29, 1.82) is 0 Å². The molecule has 136 valence electrons. The summed E-state index contributed by atoms with van der Waals surface area (Å²) in [5, 5.41) is 6.55. The highest BCUT2D eigenvalue weighted by molar-refractivity contribution is 14.0. The maximum atomic E-state index is 5.32. The molecule has 0 aliphatic carbocycles. The molecule has 0 saturated heterocycles. The molecule has 0 unspecified atom stereocenters. The first kappa shape index (κ1) is 21.0. The van der Waals surface area contributed by atoms with Crippen LogP contribution in [-0.4, -0.2) is 32.2 Å². The molecule has 25 heavy (non-hydrogen) atoms. The molecule has 2 rings (SSSR count). The van der Waals surface area contributed by atoms with Crippen molar-refractivity contribution in [3.05, 3.63) is 53.3 Å². The van der Waals surface area contributed by atoms with Crippen LogP contribution in [-0.2, 0) is 13.1 Å². The van der Waals surface area contributed by atoms with E-state index in [0.29, 0.717) is 18.8 Å². The summed E-state index contributed by atoms with van der Waals surface area (Å²) in [5.74, 6) is 2.15. The molecule has 2 aromatic rings. The van der Waals surface area contributed by atoms with E-state index >= 15 is 0 Å². The van der Waals surface area contributed by atoms with Crippen LogP contribution in [0.1, 0.15) is 16.8 Å². The third kappa shape index (κ3) is 6.08. The van der Waals surface area contributed by atoms with Crippen LogP contribution in [0.2, 0.25) is 0 Å². The lowest BCUT2D eigenvalue weighted by atomic mass is 10.2. The number of halogens is 1. The predicted octanol–water partition coefficient (Wildman–Crippen LogP) is 2.89. The first-order valence-electron chi connectivity index (χ1n) is 7.73. The normalized spacial score (nSPS) is 10.6. The van der Waals surface area contributed by atoms with Gasteiger partial charge in [-0.2, -0.15) is 0 Å². The number of pyridine rings is 1. The zero-order valence-corrected chi connectivity index (χ0v) is 17.3. The van der Waals surface area contributed by atoms with E-state index in [1.807, 2.05) is 37.3 Å². The maximum Gasteiger partial charge on any atom is 0.191 e. The Balaban J connectivity index is 0.00000312. The predicted molar refractivity (Wildman–Crippen MR) is 111 cm³/mol. The molecule has 0 saturated carbocycles. The molecule has 2 N–H and O–H groups in total. The largest absolute Gasteiger partial charge is 0.493 e. The Kier molecular flexibility index (Phi) is 9.04. The first-order chi connectivity index (χ1) is 11.7. The first-order valence-corrected chi connectivity index (χ1v) is 7.73. The van der Waals surface area contributed by atoms with Crippen molar-refractivity contribution in [2.75, 3.05) is 21.3 Å². The molecule has 0 aliphatic heterocycles. The highest BCUT2D eigenvalue weighted by Crippen LogP contribution is 2.27. The van der Waals surface area contributed by atoms with E-state index < -0.39 is 0 Å². The summed E-state index contributed by atoms with van der Waals surface area (Å²) in [7, 11) is 5.00. The molecule has 0 radical (unpaired) electrons. The Morgan fingerprint density at radius 3 is 2.44 bits per heavy atom. The number of nitrogens with one attached hydrogen (secondary N) is 2. The average molecular weight is 456 g/mol. The van der Waals surface area contributed by atoms with Crippen LogP contribution in [0.3, 0.4) is 0 Å². The van der Waals surface area contributed by atoms with E-state index in [1.54, 1.807) is 27.5 Å². The smallest absolute Gasteiger partial charge is 0.191 e. The van der Waals surface area contributed by atoms with E-state index in [1.165, 1.54) is 0 Å².